The molecular weight excluding hydrogens is 574 g/mol. The molecule has 0 amide bonds. The number of hydrogen-bond acceptors (Lipinski definition) is 2. The van der Waals surface area contributed by atoms with Gasteiger partial charge in [0.25, 0.3) is 0 Å². The molecule has 0 saturated carbocycles. The van der Waals surface area contributed by atoms with Gasteiger partial charge in [-0.2, -0.15) is 5.26 Å². The van der Waals surface area contributed by atoms with Crippen LogP contribution in [-0.4, -0.2) is 9.13 Å². The highest BCUT2D eigenvalue weighted by Gasteiger charge is 2.21. The van der Waals surface area contributed by atoms with Crippen LogP contribution in [0.1, 0.15) is 5.56 Å². The molecule has 47 heavy (non-hydrogen) atoms. The summed E-state index contributed by atoms with van der Waals surface area (Å²) in [6.07, 6.45) is 0. The number of benzene rings is 7. The van der Waals surface area contributed by atoms with Crippen LogP contribution in [-0.2, 0) is 0 Å². The van der Waals surface area contributed by atoms with E-state index in [2.05, 4.69) is 137 Å². The van der Waals surface area contributed by atoms with Crippen molar-refractivity contribution in [2.45, 2.75) is 0 Å². The molecule has 0 atom stereocenters. The lowest BCUT2D eigenvalue weighted by molar-refractivity contribution is 0.671. The molecule has 0 spiro atoms. The molecule has 0 aliphatic heterocycles. The fourth-order valence-electron chi connectivity index (χ4n) is 7.51. The first kappa shape index (κ1) is 25.7. The molecule has 7 aromatic carbocycles. The van der Waals surface area contributed by atoms with Crippen molar-refractivity contribution in [3.8, 4) is 28.6 Å². The zero-order valence-corrected chi connectivity index (χ0v) is 25.2. The van der Waals surface area contributed by atoms with E-state index < -0.39 is 0 Å². The largest absolute Gasteiger partial charge is 0.454 e. The second kappa shape index (κ2) is 9.71. The average Bonchev–Trinajstić information content (AvgIpc) is 3.79. The standard InChI is InChI=1S/C43H25N3O/c44-26-27-18-20-30(40(24-27)46-37-15-7-4-12-31(37)32-13-5-8-16-38(32)46)28-19-23-39-36(25-28)34-21-22-35-33-14-6-9-17-41(33)47-43(35)42(34)45(39)29-10-2-1-3-11-29/h1-25H. The molecule has 0 N–H and O–H groups in total. The van der Waals surface area contributed by atoms with Gasteiger partial charge in [0, 0.05) is 43.6 Å². The van der Waals surface area contributed by atoms with Gasteiger partial charge in [-0.1, -0.05) is 91.0 Å². The molecule has 0 saturated heterocycles. The van der Waals surface area contributed by atoms with Crippen LogP contribution in [0, 0.1) is 11.3 Å². The van der Waals surface area contributed by atoms with Crippen molar-refractivity contribution >= 4 is 65.6 Å². The van der Waals surface area contributed by atoms with Crippen LogP contribution in [0.5, 0.6) is 0 Å². The molecule has 0 radical (unpaired) electrons. The molecule has 0 unspecified atom stereocenters. The van der Waals surface area contributed by atoms with Gasteiger partial charge in [0.15, 0.2) is 5.58 Å². The summed E-state index contributed by atoms with van der Waals surface area (Å²) in [6.45, 7) is 0. The van der Waals surface area contributed by atoms with E-state index in [0.717, 1.165) is 77.3 Å². The smallest absolute Gasteiger partial charge is 0.160 e. The Morgan fingerprint density at radius 3 is 1.91 bits per heavy atom. The van der Waals surface area contributed by atoms with Gasteiger partial charge in [-0.25, -0.2) is 0 Å². The Bertz CT molecular complexity index is 2860. The van der Waals surface area contributed by atoms with Gasteiger partial charge >= 0.3 is 0 Å². The number of para-hydroxylation sites is 4. The minimum Gasteiger partial charge on any atom is -0.454 e. The van der Waals surface area contributed by atoms with Gasteiger partial charge in [-0.15, -0.1) is 0 Å². The first-order valence-corrected chi connectivity index (χ1v) is 15.8. The lowest BCUT2D eigenvalue weighted by Gasteiger charge is -2.15. The number of rotatable bonds is 3. The van der Waals surface area contributed by atoms with Crippen molar-refractivity contribution in [3.05, 3.63) is 157 Å². The second-order valence-corrected chi connectivity index (χ2v) is 12.1. The molecule has 3 aromatic heterocycles. The molecule has 10 rings (SSSR count). The number of fused-ring (bicyclic) bond motifs is 10. The summed E-state index contributed by atoms with van der Waals surface area (Å²) in [6, 6.07) is 55.3. The normalized spacial score (nSPS) is 11.8. The predicted octanol–water partition coefficient (Wildman–Crippen LogP) is 11.3. The third-order valence-electron chi connectivity index (χ3n) is 9.55. The maximum Gasteiger partial charge on any atom is 0.160 e. The third-order valence-corrected chi connectivity index (χ3v) is 9.55. The van der Waals surface area contributed by atoms with Gasteiger partial charge < -0.3 is 13.6 Å². The van der Waals surface area contributed by atoms with Gasteiger partial charge in [0.2, 0.25) is 0 Å². The van der Waals surface area contributed by atoms with E-state index in [1.807, 2.05) is 30.3 Å². The maximum absolute atomic E-state index is 9.99. The van der Waals surface area contributed by atoms with Crippen LogP contribution in [0.4, 0.5) is 0 Å². The SMILES string of the molecule is N#Cc1ccc(-c2ccc3c(c2)c2ccc4c5ccccc5oc4c2n3-c2ccccc2)c(-n2c3ccccc3c3ccccc32)c1. The quantitative estimate of drug-likeness (QED) is 0.203. The van der Waals surface area contributed by atoms with Gasteiger partial charge in [-0.3, -0.25) is 0 Å². The molecular formula is C43H25N3O. The van der Waals surface area contributed by atoms with Crippen molar-refractivity contribution in [3.63, 3.8) is 0 Å². The fraction of sp³-hybridized carbons (Fsp3) is 0. The Morgan fingerprint density at radius 1 is 0.489 bits per heavy atom. The Labute approximate surface area is 269 Å². The van der Waals surface area contributed by atoms with E-state index in [-0.39, 0.29) is 0 Å². The van der Waals surface area contributed by atoms with E-state index in [1.54, 1.807) is 0 Å². The Morgan fingerprint density at radius 2 is 1.15 bits per heavy atom. The van der Waals surface area contributed by atoms with E-state index in [4.69, 9.17) is 4.42 Å². The van der Waals surface area contributed by atoms with Crippen LogP contribution in [0.15, 0.2) is 156 Å². The molecule has 3 heterocycles. The average molecular weight is 600 g/mol. The minimum atomic E-state index is 0.625. The third kappa shape index (κ3) is 3.63. The molecule has 10 aromatic rings. The van der Waals surface area contributed by atoms with E-state index in [9.17, 15) is 5.26 Å². The summed E-state index contributed by atoms with van der Waals surface area (Å²) in [5, 5.41) is 16.9. The fourth-order valence-corrected chi connectivity index (χ4v) is 7.51. The van der Waals surface area contributed by atoms with E-state index >= 15 is 0 Å². The number of nitriles is 1. The summed E-state index contributed by atoms with van der Waals surface area (Å²) < 4.78 is 11.2. The summed E-state index contributed by atoms with van der Waals surface area (Å²) in [5.41, 5.74) is 11.0. The summed E-state index contributed by atoms with van der Waals surface area (Å²) in [7, 11) is 0. The van der Waals surface area contributed by atoms with Crippen molar-refractivity contribution < 1.29 is 4.42 Å². The Hall–Kier alpha value is -6.57. The zero-order valence-electron chi connectivity index (χ0n) is 25.2. The van der Waals surface area contributed by atoms with Crippen molar-refractivity contribution in [2.24, 2.45) is 0 Å². The van der Waals surface area contributed by atoms with Gasteiger partial charge in [0.1, 0.15) is 5.58 Å². The number of hydrogen-bond donors (Lipinski definition) is 0. The zero-order chi connectivity index (χ0) is 31.1. The lowest BCUT2D eigenvalue weighted by Crippen LogP contribution is -1.98. The predicted molar refractivity (Wildman–Crippen MR) is 193 cm³/mol. The van der Waals surface area contributed by atoms with Crippen LogP contribution in [0.25, 0.3) is 88.1 Å². The summed E-state index contributed by atoms with van der Waals surface area (Å²) >= 11 is 0. The van der Waals surface area contributed by atoms with Crippen molar-refractivity contribution in [1.82, 2.24) is 9.13 Å². The highest BCUT2D eigenvalue weighted by molar-refractivity contribution is 6.22. The molecule has 4 heteroatoms. The van der Waals surface area contributed by atoms with Gasteiger partial charge in [-0.05, 0) is 66.2 Å². The topological polar surface area (TPSA) is 46.8 Å². The lowest BCUT2D eigenvalue weighted by atomic mass is 9.99. The van der Waals surface area contributed by atoms with Crippen molar-refractivity contribution in [2.75, 3.05) is 0 Å². The molecule has 4 nitrogen and oxygen atoms in total. The van der Waals surface area contributed by atoms with Crippen LogP contribution in [0.2, 0.25) is 0 Å². The summed E-state index contributed by atoms with van der Waals surface area (Å²) in [5.74, 6) is 0. The number of nitrogens with zero attached hydrogens (tertiary/aromatic N) is 3. The molecule has 0 aliphatic carbocycles. The Kier molecular flexibility index (Phi) is 5.32. The number of furan rings is 1. The summed E-state index contributed by atoms with van der Waals surface area (Å²) in [4.78, 5) is 0. The maximum atomic E-state index is 9.99. The monoisotopic (exact) mass is 599 g/mol. The molecule has 0 fully saturated rings. The van der Waals surface area contributed by atoms with Crippen molar-refractivity contribution in [1.29, 1.82) is 5.26 Å². The Balaban J connectivity index is 1.30. The van der Waals surface area contributed by atoms with Gasteiger partial charge in [0.05, 0.1) is 39.4 Å². The van der Waals surface area contributed by atoms with Crippen LogP contribution >= 0.6 is 0 Å². The highest BCUT2D eigenvalue weighted by atomic mass is 16.3. The second-order valence-electron chi connectivity index (χ2n) is 12.1. The molecule has 0 aliphatic rings. The highest BCUT2D eigenvalue weighted by Crippen LogP contribution is 2.43. The minimum absolute atomic E-state index is 0.625. The van der Waals surface area contributed by atoms with Crippen LogP contribution in [0.3, 0.4) is 0 Å². The first-order valence-electron chi connectivity index (χ1n) is 15.8. The number of aromatic nitrogens is 2. The first-order chi connectivity index (χ1) is 23.3. The molecule has 0 bridgehead atoms. The molecule has 218 valence electrons. The van der Waals surface area contributed by atoms with Crippen LogP contribution < -0.4 is 0 Å². The van der Waals surface area contributed by atoms with E-state index in [1.165, 1.54) is 10.8 Å². The van der Waals surface area contributed by atoms with E-state index in [0.29, 0.717) is 5.56 Å².